The van der Waals surface area contributed by atoms with Crippen LogP contribution in [0.5, 0.6) is 0 Å². The second-order valence-corrected chi connectivity index (χ2v) is 3.89. The van der Waals surface area contributed by atoms with Gasteiger partial charge in [-0.15, -0.1) is 0 Å². The zero-order valence-corrected chi connectivity index (χ0v) is 9.59. The van der Waals surface area contributed by atoms with Crippen LogP contribution in [-0.2, 0) is 0 Å². The lowest BCUT2D eigenvalue weighted by atomic mass is 10.0. The molecule has 0 aliphatic rings. The van der Waals surface area contributed by atoms with Crippen molar-refractivity contribution in [3.8, 4) is 0 Å². The van der Waals surface area contributed by atoms with E-state index in [1.807, 2.05) is 19.1 Å². The molecule has 0 aliphatic carbocycles. The van der Waals surface area contributed by atoms with Crippen LogP contribution >= 0.6 is 0 Å². The van der Waals surface area contributed by atoms with Gasteiger partial charge in [0.25, 0.3) is 0 Å². The standard InChI is InChI=1S/C11H18N2O3/c1-9-4-3-5-10(12-9)13(2)11(6-14,7-15)8-16/h3-5,14-16H,6-8H2,1-2H3. The second kappa shape index (κ2) is 5.25. The van der Waals surface area contributed by atoms with Gasteiger partial charge in [-0.3, -0.25) is 0 Å². The topological polar surface area (TPSA) is 76.8 Å². The zero-order valence-electron chi connectivity index (χ0n) is 9.59. The molecule has 0 unspecified atom stereocenters. The Kier molecular flexibility index (Phi) is 4.23. The van der Waals surface area contributed by atoms with E-state index in [0.29, 0.717) is 5.82 Å². The molecular formula is C11H18N2O3. The van der Waals surface area contributed by atoms with Gasteiger partial charge >= 0.3 is 0 Å². The molecule has 0 bridgehead atoms. The molecule has 0 radical (unpaired) electrons. The van der Waals surface area contributed by atoms with Crippen molar-refractivity contribution < 1.29 is 15.3 Å². The Balaban J connectivity index is 3.03. The summed E-state index contributed by atoms with van der Waals surface area (Å²) in [6.45, 7) is 0.834. The molecular weight excluding hydrogens is 208 g/mol. The highest BCUT2D eigenvalue weighted by Crippen LogP contribution is 2.20. The van der Waals surface area contributed by atoms with Gasteiger partial charge in [-0.2, -0.15) is 0 Å². The number of hydrogen-bond donors (Lipinski definition) is 3. The third-order valence-electron chi connectivity index (χ3n) is 2.81. The monoisotopic (exact) mass is 226 g/mol. The highest BCUT2D eigenvalue weighted by atomic mass is 16.3. The third-order valence-corrected chi connectivity index (χ3v) is 2.81. The average Bonchev–Trinajstić information content (AvgIpc) is 2.32. The van der Waals surface area contributed by atoms with E-state index in [2.05, 4.69) is 4.98 Å². The number of aliphatic hydroxyl groups is 3. The first-order valence-electron chi connectivity index (χ1n) is 5.10. The molecule has 1 aromatic heterocycles. The van der Waals surface area contributed by atoms with Crippen LogP contribution in [0.25, 0.3) is 0 Å². The van der Waals surface area contributed by atoms with E-state index in [4.69, 9.17) is 0 Å². The van der Waals surface area contributed by atoms with Crippen molar-refractivity contribution in [2.75, 3.05) is 31.8 Å². The molecule has 0 amide bonds. The molecule has 0 aromatic carbocycles. The van der Waals surface area contributed by atoms with Gasteiger partial charge in [0, 0.05) is 12.7 Å². The largest absolute Gasteiger partial charge is 0.394 e. The van der Waals surface area contributed by atoms with Crippen LogP contribution in [0.15, 0.2) is 18.2 Å². The molecule has 0 fully saturated rings. The van der Waals surface area contributed by atoms with Gasteiger partial charge < -0.3 is 20.2 Å². The SMILES string of the molecule is Cc1cccc(N(C)C(CO)(CO)CO)n1. The van der Waals surface area contributed by atoms with Crippen molar-refractivity contribution in [2.24, 2.45) is 0 Å². The Morgan fingerprint density at radius 1 is 1.19 bits per heavy atom. The first-order valence-corrected chi connectivity index (χ1v) is 5.10. The summed E-state index contributed by atoms with van der Waals surface area (Å²) in [5.74, 6) is 0.608. The second-order valence-electron chi connectivity index (χ2n) is 3.89. The van der Waals surface area contributed by atoms with Crippen LogP contribution in [0.4, 0.5) is 5.82 Å². The van der Waals surface area contributed by atoms with E-state index in [1.54, 1.807) is 18.0 Å². The highest BCUT2D eigenvalue weighted by Gasteiger charge is 2.33. The number of rotatable bonds is 5. The zero-order chi connectivity index (χ0) is 12.2. The molecule has 0 atom stereocenters. The molecule has 0 saturated heterocycles. The van der Waals surface area contributed by atoms with E-state index in [1.165, 1.54) is 0 Å². The predicted octanol–water partition coefficient (Wildman–Crippen LogP) is -0.458. The van der Waals surface area contributed by atoms with Crippen molar-refractivity contribution in [1.82, 2.24) is 4.98 Å². The van der Waals surface area contributed by atoms with Gasteiger partial charge in [0.2, 0.25) is 0 Å². The summed E-state index contributed by atoms with van der Waals surface area (Å²) in [4.78, 5) is 5.87. The lowest BCUT2D eigenvalue weighted by Gasteiger charge is -2.38. The van der Waals surface area contributed by atoms with Gasteiger partial charge in [-0.05, 0) is 19.1 Å². The fraction of sp³-hybridized carbons (Fsp3) is 0.545. The minimum Gasteiger partial charge on any atom is -0.394 e. The van der Waals surface area contributed by atoms with Crippen LogP contribution in [0.3, 0.4) is 0 Å². The molecule has 1 aromatic rings. The summed E-state index contributed by atoms with van der Waals surface area (Å²) in [6.07, 6.45) is 0. The maximum Gasteiger partial charge on any atom is 0.129 e. The highest BCUT2D eigenvalue weighted by molar-refractivity contribution is 5.42. The summed E-state index contributed by atoms with van der Waals surface area (Å²) in [7, 11) is 1.68. The summed E-state index contributed by atoms with van der Waals surface area (Å²) in [5.41, 5.74) is -0.243. The Morgan fingerprint density at radius 3 is 2.19 bits per heavy atom. The van der Waals surface area contributed by atoms with E-state index >= 15 is 0 Å². The van der Waals surface area contributed by atoms with Crippen LogP contribution in [0.2, 0.25) is 0 Å². The molecule has 0 aliphatic heterocycles. The minimum absolute atomic E-state index is 0.341. The number of likely N-dealkylation sites (N-methyl/N-ethyl adjacent to an activating group) is 1. The van der Waals surface area contributed by atoms with Crippen molar-refractivity contribution in [1.29, 1.82) is 0 Å². The number of aliphatic hydroxyl groups excluding tert-OH is 3. The molecule has 0 spiro atoms. The summed E-state index contributed by atoms with van der Waals surface area (Å²) in [6, 6.07) is 5.46. The van der Waals surface area contributed by atoms with Gasteiger partial charge in [-0.25, -0.2) is 4.98 Å². The molecule has 5 heteroatoms. The van der Waals surface area contributed by atoms with Gasteiger partial charge in [0.1, 0.15) is 11.4 Å². The summed E-state index contributed by atoms with van der Waals surface area (Å²) < 4.78 is 0. The van der Waals surface area contributed by atoms with Crippen molar-refractivity contribution in [3.63, 3.8) is 0 Å². The first kappa shape index (κ1) is 12.9. The maximum absolute atomic E-state index is 9.29. The van der Waals surface area contributed by atoms with E-state index in [-0.39, 0.29) is 19.8 Å². The van der Waals surface area contributed by atoms with Crippen LogP contribution < -0.4 is 4.90 Å². The molecule has 3 N–H and O–H groups in total. The quantitative estimate of drug-likeness (QED) is 0.633. The van der Waals surface area contributed by atoms with E-state index in [0.717, 1.165) is 5.69 Å². The van der Waals surface area contributed by atoms with Crippen LogP contribution in [0, 0.1) is 6.92 Å². The first-order chi connectivity index (χ1) is 7.59. The lowest BCUT2D eigenvalue weighted by molar-refractivity contribution is 0.0658. The Bertz CT molecular complexity index is 331. The average molecular weight is 226 g/mol. The van der Waals surface area contributed by atoms with Gasteiger partial charge in [0.15, 0.2) is 0 Å². The maximum atomic E-state index is 9.29. The molecule has 16 heavy (non-hydrogen) atoms. The van der Waals surface area contributed by atoms with Crippen molar-refractivity contribution in [2.45, 2.75) is 12.5 Å². The molecule has 90 valence electrons. The number of aryl methyl sites for hydroxylation is 1. The Labute approximate surface area is 95.0 Å². The number of aromatic nitrogens is 1. The lowest BCUT2D eigenvalue weighted by Crippen LogP contribution is -2.56. The number of anilines is 1. The van der Waals surface area contributed by atoms with Crippen LogP contribution in [-0.4, -0.2) is 52.7 Å². The fourth-order valence-electron chi connectivity index (χ4n) is 1.43. The Hall–Kier alpha value is -1.17. The Morgan fingerprint density at radius 2 is 1.75 bits per heavy atom. The van der Waals surface area contributed by atoms with Crippen LogP contribution in [0.1, 0.15) is 5.69 Å². The fourth-order valence-corrected chi connectivity index (χ4v) is 1.43. The number of hydrogen-bond acceptors (Lipinski definition) is 5. The molecule has 5 nitrogen and oxygen atoms in total. The summed E-state index contributed by atoms with van der Waals surface area (Å²) in [5, 5.41) is 27.9. The van der Waals surface area contributed by atoms with E-state index < -0.39 is 5.54 Å². The normalized spacial score (nSPS) is 11.6. The van der Waals surface area contributed by atoms with Crippen molar-refractivity contribution >= 4 is 5.82 Å². The molecule has 1 heterocycles. The third kappa shape index (κ3) is 2.32. The van der Waals surface area contributed by atoms with Gasteiger partial charge in [-0.1, -0.05) is 6.07 Å². The number of nitrogens with zero attached hydrogens (tertiary/aromatic N) is 2. The van der Waals surface area contributed by atoms with Crippen molar-refractivity contribution in [3.05, 3.63) is 23.9 Å². The van der Waals surface area contributed by atoms with E-state index in [9.17, 15) is 15.3 Å². The summed E-state index contributed by atoms with van der Waals surface area (Å²) >= 11 is 0. The smallest absolute Gasteiger partial charge is 0.129 e. The van der Waals surface area contributed by atoms with Gasteiger partial charge in [0.05, 0.1) is 19.8 Å². The number of pyridine rings is 1. The molecule has 0 saturated carbocycles. The predicted molar refractivity (Wildman–Crippen MR) is 61.4 cm³/mol. The minimum atomic E-state index is -1.08. The molecule has 1 rings (SSSR count).